The Balaban J connectivity index is 1.73. The number of ether oxygens (including phenoxy) is 1. The van der Waals surface area contributed by atoms with Gasteiger partial charge < -0.3 is 4.74 Å². The lowest BCUT2D eigenvalue weighted by Gasteiger charge is -2.17. The summed E-state index contributed by atoms with van der Waals surface area (Å²) in [6.07, 6.45) is 1.32. The Morgan fingerprint density at radius 1 is 0.952 bits per heavy atom. The van der Waals surface area contributed by atoms with Crippen molar-refractivity contribution >= 4 is 0 Å². The van der Waals surface area contributed by atoms with Crippen LogP contribution in [0.2, 0.25) is 0 Å². The number of nitrogens with zero attached hydrogens (tertiary/aromatic N) is 4. The largest absolute Gasteiger partial charge is 0.367 e. The summed E-state index contributed by atoms with van der Waals surface area (Å²) in [5.74, 6) is 0. The van der Waals surface area contributed by atoms with Crippen LogP contribution >= 0.6 is 0 Å². The fourth-order valence-electron chi connectivity index (χ4n) is 2.11. The molecule has 0 N–H and O–H groups in total. The SMILES string of the molecule is c1ccc(COC(Cn2ncnn2)c2ccccc2)cc1. The predicted molar refractivity (Wildman–Crippen MR) is 78.2 cm³/mol. The van der Waals surface area contributed by atoms with E-state index in [0.717, 1.165) is 11.1 Å². The highest BCUT2D eigenvalue weighted by molar-refractivity contribution is 5.18. The van der Waals surface area contributed by atoms with Crippen LogP contribution in [0.4, 0.5) is 0 Å². The van der Waals surface area contributed by atoms with Gasteiger partial charge in [0.25, 0.3) is 0 Å². The number of hydrogen-bond acceptors (Lipinski definition) is 4. The number of aromatic nitrogens is 4. The molecule has 5 nitrogen and oxygen atoms in total. The van der Waals surface area contributed by atoms with Gasteiger partial charge in [-0.2, -0.15) is 4.80 Å². The fourth-order valence-corrected chi connectivity index (χ4v) is 2.11. The molecule has 2 aromatic carbocycles. The molecule has 1 unspecified atom stereocenters. The van der Waals surface area contributed by atoms with E-state index in [1.165, 1.54) is 6.33 Å². The van der Waals surface area contributed by atoms with Crippen LogP contribution in [-0.2, 0) is 17.9 Å². The zero-order valence-electron chi connectivity index (χ0n) is 11.5. The smallest absolute Gasteiger partial charge is 0.162 e. The third-order valence-corrected chi connectivity index (χ3v) is 3.19. The molecule has 0 bridgehead atoms. The van der Waals surface area contributed by atoms with Crippen LogP contribution in [0.1, 0.15) is 17.2 Å². The van der Waals surface area contributed by atoms with E-state index in [0.29, 0.717) is 13.2 Å². The zero-order chi connectivity index (χ0) is 14.3. The summed E-state index contributed by atoms with van der Waals surface area (Å²) in [5, 5.41) is 11.7. The maximum absolute atomic E-state index is 6.06. The highest BCUT2D eigenvalue weighted by Crippen LogP contribution is 2.20. The van der Waals surface area contributed by atoms with Crippen LogP contribution in [0.15, 0.2) is 67.0 Å². The molecule has 1 aromatic heterocycles. The zero-order valence-corrected chi connectivity index (χ0v) is 11.5. The molecule has 0 aliphatic heterocycles. The third kappa shape index (κ3) is 3.73. The van der Waals surface area contributed by atoms with Crippen LogP contribution < -0.4 is 0 Å². The summed E-state index contributed by atoms with van der Waals surface area (Å²) in [6.45, 7) is 1.09. The number of benzene rings is 2. The van der Waals surface area contributed by atoms with E-state index in [1.54, 1.807) is 4.80 Å². The molecular weight excluding hydrogens is 264 g/mol. The second-order valence-corrected chi connectivity index (χ2v) is 4.69. The van der Waals surface area contributed by atoms with E-state index in [4.69, 9.17) is 4.74 Å². The third-order valence-electron chi connectivity index (χ3n) is 3.19. The Labute approximate surface area is 123 Å². The average molecular weight is 280 g/mol. The highest BCUT2D eigenvalue weighted by atomic mass is 16.5. The van der Waals surface area contributed by atoms with Crippen molar-refractivity contribution in [2.75, 3.05) is 0 Å². The Bertz CT molecular complexity index is 641. The summed E-state index contributed by atoms with van der Waals surface area (Å²) in [5.41, 5.74) is 2.25. The van der Waals surface area contributed by atoms with Crippen molar-refractivity contribution in [1.82, 2.24) is 20.2 Å². The van der Waals surface area contributed by atoms with Crippen molar-refractivity contribution < 1.29 is 4.74 Å². The van der Waals surface area contributed by atoms with E-state index >= 15 is 0 Å². The van der Waals surface area contributed by atoms with E-state index in [9.17, 15) is 0 Å². The Morgan fingerprint density at radius 3 is 2.33 bits per heavy atom. The molecule has 0 saturated carbocycles. The predicted octanol–water partition coefficient (Wildman–Crippen LogP) is 2.63. The van der Waals surface area contributed by atoms with Crippen molar-refractivity contribution in [2.24, 2.45) is 0 Å². The van der Waals surface area contributed by atoms with Crippen molar-refractivity contribution in [2.45, 2.75) is 19.3 Å². The standard InChI is InChI=1S/C16H16N4O/c1-3-7-14(8-4-1)12-21-16(11-20-18-13-17-19-20)15-9-5-2-6-10-15/h1-10,13,16H,11-12H2. The first-order valence-electron chi connectivity index (χ1n) is 6.83. The van der Waals surface area contributed by atoms with Gasteiger partial charge in [0.05, 0.1) is 13.2 Å². The van der Waals surface area contributed by atoms with Crippen LogP contribution in [0.3, 0.4) is 0 Å². The summed E-state index contributed by atoms with van der Waals surface area (Å²) in [6, 6.07) is 20.2. The van der Waals surface area contributed by atoms with Gasteiger partial charge in [-0.15, -0.1) is 10.2 Å². The molecule has 106 valence electrons. The van der Waals surface area contributed by atoms with Gasteiger partial charge in [0, 0.05) is 0 Å². The van der Waals surface area contributed by atoms with Gasteiger partial charge in [-0.3, -0.25) is 0 Å². The summed E-state index contributed by atoms with van der Waals surface area (Å²) >= 11 is 0. The van der Waals surface area contributed by atoms with Gasteiger partial charge in [-0.05, 0) is 16.3 Å². The van der Waals surface area contributed by atoms with Crippen molar-refractivity contribution in [3.8, 4) is 0 Å². The molecule has 0 aliphatic carbocycles. The molecule has 21 heavy (non-hydrogen) atoms. The normalized spacial score (nSPS) is 12.2. The van der Waals surface area contributed by atoms with Gasteiger partial charge in [-0.1, -0.05) is 60.7 Å². The van der Waals surface area contributed by atoms with Gasteiger partial charge in [0.2, 0.25) is 0 Å². The first-order chi connectivity index (χ1) is 10.4. The molecule has 5 heteroatoms. The monoisotopic (exact) mass is 280 g/mol. The molecular formula is C16H16N4O. The van der Waals surface area contributed by atoms with E-state index < -0.39 is 0 Å². The molecule has 3 aromatic rings. The molecule has 0 amide bonds. The van der Waals surface area contributed by atoms with Gasteiger partial charge >= 0.3 is 0 Å². The number of tetrazole rings is 1. The van der Waals surface area contributed by atoms with E-state index in [1.807, 2.05) is 48.5 Å². The Morgan fingerprint density at radius 2 is 1.67 bits per heavy atom. The topological polar surface area (TPSA) is 52.8 Å². The summed E-state index contributed by atoms with van der Waals surface area (Å²) in [4.78, 5) is 1.54. The van der Waals surface area contributed by atoms with Crippen molar-refractivity contribution in [3.63, 3.8) is 0 Å². The second-order valence-electron chi connectivity index (χ2n) is 4.69. The summed E-state index contributed by atoms with van der Waals surface area (Å²) < 4.78 is 6.06. The second kappa shape index (κ2) is 6.76. The molecule has 0 spiro atoms. The van der Waals surface area contributed by atoms with Crippen molar-refractivity contribution in [3.05, 3.63) is 78.1 Å². The van der Waals surface area contributed by atoms with Crippen LogP contribution in [-0.4, -0.2) is 20.2 Å². The number of hydrogen-bond donors (Lipinski definition) is 0. The summed E-state index contributed by atoms with van der Waals surface area (Å²) in [7, 11) is 0. The molecule has 0 aliphatic rings. The molecule has 0 fully saturated rings. The maximum Gasteiger partial charge on any atom is 0.162 e. The fraction of sp³-hybridized carbons (Fsp3) is 0.188. The molecule has 1 heterocycles. The minimum absolute atomic E-state index is 0.111. The lowest BCUT2D eigenvalue weighted by atomic mass is 10.1. The molecule has 3 rings (SSSR count). The van der Waals surface area contributed by atoms with Crippen molar-refractivity contribution in [1.29, 1.82) is 0 Å². The van der Waals surface area contributed by atoms with Gasteiger partial charge in [-0.25, -0.2) is 0 Å². The molecule has 0 saturated heterocycles. The van der Waals surface area contributed by atoms with Crippen LogP contribution in [0.25, 0.3) is 0 Å². The molecule has 0 radical (unpaired) electrons. The quantitative estimate of drug-likeness (QED) is 0.696. The van der Waals surface area contributed by atoms with Gasteiger partial charge in [0.1, 0.15) is 6.10 Å². The lowest BCUT2D eigenvalue weighted by Crippen LogP contribution is -2.15. The van der Waals surface area contributed by atoms with Gasteiger partial charge in [0.15, 0.2) is 6.33 Å². The molecule has 1 atom stereocenters. The van der Waals surface area contributed by atoms with E-state index in [2.05, 4.69) is 27.5 Å². The van der Waals surface area contributed by atoms with Crippen LogP contribution in [0.5, 0.6) is 0 Å². The number of rotatable bonds is 6. The first-order valence-corrected chi connectivity index (χ1v) is 6.83. The highest BCUT2D eigenvalue weighted by Gasteiger charge is 2.14. The van der Waals surface area contributed by atoms with E-state index in [-0.39, 0.29) is 6.10 Å². The lowest BCUT2D eigenvalue weighted by molar-refractivity contribution is 0.0226. The Hall–Kier alpha value is -2.53. The average Bonchev–Trinajstić information content (AvgIpc) is 3.06. The maximum atomic E-state index is 6.06. The Kier molecular flexibility index (Phi) is 4.33. The minimum atomic E-state index is -0.111. The first kappa shape index (κ1) is 13.5. The van der Waals surface area contributed by atoms with Crippen LogP contribution in [0, 0.1) is 0 Å². The minimum Gasteiger partial charge on any atom is -0.367 e.